The van der Waals surface area contributed by atoms with E-state index in [2.05, 4.69) is 10.3 Å². The Morgan fingerprint density at radius 2 is 1.97 bits per heavy atom. The number of ketones is 1. The van der Waals surface area contributed by atoms with E-state index in [1.807, 2.05) is 0 Å². The van der Waals surface area contributed by atoms with Crippen molar-refractivity contribution in [2.24, 2.45) is 10.9 Å². The number of hydrogen-bond donors (Lipinski definition) is 2. The quantitative estimate of drug-likeness (QED) is 0.235. The van der Waals surface area contributed by atoms with Crippen molar-refractivity contribution < 1.29 is 28.8 Å². The molecule has 0 aromatic heterocycles. The van der Waals surface area contributed by atoms with Crippen molar-refractivity contribution in [1.29, 1.82) is 0 Å². The molecule has 2 aromatic carbocycles. The van der Waals surface area contributed by atoms with Crippen LogP contribution in [0.25, 0.3) is 0 Å². The minimum atomic E-state index is -1.20. The Morgan fingerprint density at radius 1 is 1.24 bits per heavy atom. The maximum absolute atomic E-state index is 13.7. The summed E-state index contributed by atoms with van der Waals surface area (Å²) in [5.41, 5.74) is 0.175. The van der Waals surface area contributed by atoms with Crippen LogP contribution in [0.4, 0.5) is 14.9 Å². The van der Waals surface area contributed by atoms with Gasteiger partial charge in [0.05, 0.1) is 23.1 Å². The molecule has 2 N–H and O–H groups in total. The van der Waals surface area contributed by atoms with Gasteiger partial charge < -0.3 is 15.3 Å². The van der Waals surface area contributed by atoms with E-state index in [4.69, 9.17) is 0 Å². The SMILES string of the molecule is CC1=NC(=O)N(CCCNCC(=O)c2ccccc2F)C(c2cccc([N+](=O)[O-])c2)C1C(=O)O. The summed E-state index contributed by atoms with van der Waals surface area (Å²) >= 11 is 0. The van der Waals surface area contributed by atoms with Gasteiger partial charge in [0.2, 0.25) is 0 Å². The molecule has 11 heteroatoms. The second-order valence-electron chi connectivity index (χ2n) is 7.78. The lowest BCUT2D eigenvalue weighted by molar-refractivity contribution is -0.385. The second kappa shape index (κ2) is 10.8. The molecule has 10 nitrogen and oxygen atoms in total. The number of Topliss-reactive ketones (excluding diaryl/α,β-unsaturated/α-hetero) is 1. The van der Waals surface area contributed by atoms with Gasteiger partial charge >= 0.3 is 12.0 Å². The number of nitrogens with one attached hydrogen (secondary N) is 1. The normalized spacial score (nSPS) is 17.9. The summed E-state index contributed by atoms with van der Waals surface area (Å²) in [6.07, 6.45) is 0.336. The molecule has 178 valence electrons. The van der Waals surface area contributed by atoms with Crippen molar-refractivity contribution in [3.63, 3.8) is 0 Å². The molecule has 2 aromatic rings. The van der Waals surface area contributed by atoms with Gasteiger partial charge in [-0.25, -0.2) is 14.2 Å². The highest BCUT2D eigenvalue weighted by atomic mass is 19.1. The van der Waals surface area contributed by atoms with Crippen LogP contribution in [-0.4, -0.2) is 58.1 Å². The number of halogens is 1. The molecule has 0 saturated carbocycles. The predicted octanol–water partition coefficient (Wildman–Crippen LogP) is 3.23. The van der Waals surface area contributed by atoms with Gasteiger partial charge in [-0.1, -0.05) is 24.3 Å². The monoisotopic (exact) mass is 470 g/mol. The molecule has 0 spiro atoms. The highest BCUT2D eigenvalue weighted by Gasteiger charge is 2.42. The highest BCUT2D eigenvalue weighted by molar-refractivity contribution is 6.07. The minimum Gasteiger partial charge on any atom is -0.481 e. The number of nitrogens with zero attached hydrogens (tertiary/aromatic N) is 3. The highest BCUT2D eigenvalue weighted by Crippen LogP contribution is 2.35. The number of carboxylic acid groups (broad SMARTS) is 1. The third kappa shape index (κ3) is 5.49. The molecule has 0 saturated heterocycles. The first-order chi connectivity index (χ1) is 16.2. The number of carbonyl (C=O) groups is 3. The van der Waals surface area contributed by atoms with Gasteiger partial charge in [-0.3, -0.25) is 19.7 Å². The fourth-order valence-corrected chi connectivity index (χ4v) is 3.91. The van der Waals surface area contributed by atoms with Crippen LogP contribution >= 0.6 is 0 Å². The predicted molar refractivity (Wildman–Crippen MR) is 120 cm³/mol. The van der Waals surface area contributed by atoms with Crippen molar-refractivity contribution in [1.82, 2.24) is 10.2 Å². The van der Waals surface area contributed by atoms with Gasteiger partial charge in [-0.05, 0) is 37.6 Å². The zero-order chi connectivity index (χ0) is 24.8. The lowest BCUT2D eigenvalue weighted by Crippen LogP contribution is -2.47. The van der Waals surface area contributed by atoms with Gasteiger partial charge in [0.25, 0.3) is 5.69 Å². The van der Waals surface area contributed by atoms with Gasteiger partial charge in [-0.2, -0.15) is 0 Å². The number of hydrogen-bond acceptors (Lipinski definition) is 6. The van der Waals surface area contributed by atoms with Crippen LogP contribution in [0, 0.1) is 21.8 Å². The van der Waals surface area contributed by atoms with E-state index in [0.717, 1.165) is 0 Å². The Bertz CT molecular complexity index is 1150. The standard InChI is InChI=1S/C23H23FN4O6/c1-14-20(22(30)31)21(15-6-4-7-16(12-15)28(33)34)27(23(32)26-14)11-5-10-25-13-19(29)17-8-2-3-9-18(17)24/h2-4,6-9,12,20-21,25H,5,10-11,13H2,1H3,(H,30,31). The summed E-state index contributed by atoms with van der Waals surface area (Å²) < 4.78 is 13.7. The molecule has 2 unspecified atom stereocenters. The zero-order valence-corrected chi connectivity index (χ0v) is 18.3. The van der Waals surface area contributed by atoms with Gasteiger partial charge in [-0.15, -0.1) is 0 Å². The van der Waals surface area contributed by atoms with Crippen LogP contribution in [0.5, 0.6) is 0 Å². The van der Waals surface area contributed by atoms with E-state index < -0.39 is 40.5 Å². The Labute approximate surface area is 194 Å². The first kappa shape index (κ1) is 24.6. The average molecular weight is 470 g/mol. The number of amides is 2. The Morgan fingerprint density at radius 3 is 2.65 bits per heavy atom. The number of carboxylic acids is 1. The van der Waals surface area contributed by atoms with Crippen molar-refractivity contribution in [2.45, 2.75) is 19.4 Å². The molecule has 34 heavy (non-hydrogen) atoms. The van der Waals surface area contributed by atoms with Crippen LogP contribution < -0.4 is 5.32 Å². The third-order valence-corrected chi connectivity index (χ3v) is 5.52. The summed E-state index contributed by atoms with van der Waals surface area (Å²) in [7, 11) is 0. The first-order valence-corrected chi connectivity index (χ1v) is 10.5. The van der Waals surface area contributed by atoms with Crippen molar-refractivity contribution >= 4 is 29.2 Å². The van der Waals surface area contributed by atoms with E-state index in [-0.39, 0.29) is 36.6 Å². The summed E-state index contributed by atoms with van der Waals surface area (Å²) in [4.78, 5) is 52.6. The molecule has 0 aliphatic carbocycles. The maximum Gasteiger partial charge on any atom is 0.344 e. The summed E-state index contributed by atoms with van der Waals surface area (Å²) in [5, 5.41) is 23.9. The van der Waals surface area contributed by atoms with Crippen LogP contribution in [0.3, 0.4) is 0 Å². The average Bonchev–Trinajstić information content (AvgIpc) is 2.79. The number of non-ortho nitro benzene ring substituents is 1. The topological polar surface area (TPSA) is 142 Å². The fraction of sp³-hybridized carbons (Fsp3) is 0.304. The van der Waals surface area contributed by atoms with E-state index >= 15 is 0 Å². The Balaban J connectivity index is 1.72. The van der Waals surface area contributed by atoms with Gasteiger partial charge in [0.1, 0.15) is 11.7 Å². The summed E-state index contributed by atoms with van der Waals surface area (Å²) in [6.45, 7) is 1.70. The molecule has 0 radical (unpaired) electrons. The molecule has 3 rings (SSSR count). The van der Waals surface area contributed by atoms with Crippen molar-refractivity contribution in [3.8, 4) is 0 Å². The second-order valence-corrected chi connectivity index (χ2v) is 7.78. The van der Waals surface area contributed by atoms with Gasteiger partial charge in [0, 0.05) is 24.4 Å². The number of carbonyl (C=O) groups excluding carboxylic acids is 2. The molecular formula is C23H23FN4O6. The Kier molecular flexibility index (Phi) is 7.79. The summed E-state index contributed by atoms with van der Waals surface area (Å²) in [5.74, 6) is -3.41. The lowest BCUT2D eigenvalue weighted by atomic mass is 9.86. The molecule has 0 fully saturated rings. The molecule has 2 amide bonds. The molecule has 1 heterocycles. The zero-order valence-electron chi connectivity index (χ0n) is 18.3. The molecular weight excluding hydrogens is 447 g/mol. The smallest absolute Gasteiger partial charge is 0.344 e. The van der Waals surface area contributed by atoms with Crippen LogP contribution in [0.15, 0.2) is 53.5 Å². The number of aliphatic carboxylic acids is 1. The number of nitro benzene ring substituents is 1. The number of rotatable bonds is 10. The Hall–Kier alpha value is -3.99. The molecule has 1 aliphatic rings. The fourth-order valence-electron chi connectivity index (χ4n) is 3.91. The number of benzene rings is 2. The first-order valence-electron chi connectivity index (χ1n) is 10.5. The van der Waals surface area contributed by atoms with E-state index in [0.29, 0.717) is 12.0 Å². The van der Waals surface area contributed by atoms with E-state index in [1.165, 1.54) is 54.3 Å². The van der Waals surface area contributed by atoms with Gasteiger partial charge in [0.15, 0.2) is 5.78 Å². The number of nitro groups is 1. The van der Waals surface area contributed by atoms with Crippen LogP contribution in [0.2, 0.25) is 0 Å². The van der Waals surface area contributed by atoms with Crippen LogP contribution in [0.1, 0.15) is 35.3 Å². The number of aliphatic imine (C=N–C) groups is 1. The third-order valence-electron chi connectivity index (χ3n) is 5.52. The van der Waals surface area contributed by atoms with E-state index in [9.17, 15) is 34.0 Å². The van der Waals surface area contributed by atoms with Crippen molar-refractivity contribution in [2.75, 3.05) is 19.6 Å². The summed E-state index contributed by atoms with van der Waals surface area (Å²) in [6, 6.07) is 9.53. The maximum atomic E-state index is 13.7. The lowest BCUT2D eigenvalue weighted by Gasteiger charge is -2.37. The minimum absolute atomic E-state index is 0.0268. The van der Waals surface area contributed by atoms with E-state index in [1.54, 1.807) is 6.07 Å². The molecule has 2 atom stereocenters. The molecule has 0 bridgehead atoms. The largest absolute Gasteiger partial charge is 0.481 e. The van der Waals surface area contributed by atoms with Crippen molar-refractivity contribution in [3.05, 3.63) is 75.6 Å². The molecule has 1 aliphatic heterocycles. The number of urea groups is 1. The van der Waals surface area contributed by atoms with Crippen LogP contribution in [-0.2, 0) is 4.79 Å².